The number of ether oxygens (including phenoxy) is 1. The van der Waals surface area contributed by atoms with E-state index in [2.05, 4.69) is 5.32 Å². The lowest BCUT2D eigenvalue weighted by molar-refractivity contribution is -0.147. The zero-order valence-corrected chi connectivity index (χ0v) is 14.9. The number of benzene rings is 1. The largest absolute Gasteiger partial charge is 0.481 e. The van der Waals surface area contributed by atoms with Crippen molar-refractivity contribution in [3.8, 4) is 0 Å². The molecule has 1 aliphatic rings. The summed E-state index contributed by atoms with van der Waals surface area (Å²) in [5.74, 6) is -0.983. The van der Waals surface area contributed by atoms with Gasteiger partial charge in [-0.05, 0) is 44.7 Å². The van der Waals surface area contributed by atoms with E-state index in [0.717, 1.165) is 5.56 Å². The molecule has 0 aliphatic carbocycles. The van der Waals surface area contributed by atoms with Crippen molar-refractivity contribution in [2.45, 2.75) is 38.5 Å². The maximum absolute atomic E-state index is 13.0. The highest BCUT2D eigenvalue weighted by molar-refractivity contribution is 6.31. The lowest BCUT2D eigenvalue weighted by atomic mass is 9.73. The number of carbonyl (C=O) groups is 2. The molecule has 1 aromatic rings. The van der Waals surface area contributed by atoms with Crippen LogP contribution in [-0.4, -0.2) is 36.7 Å². The topological polar surface area (TPSA) is 75.6 Å². The number of halogens is 1. The Hall–Kier alpha value is -1.59. The Morgan fingerprint density at radius 1 is 1.29 bits per heavy atom. The Balaban J connectivity index is 2.15. The van der Waals surface area contributed by atoms with Gasteiger partial charge < -0.3 is 15.2 Å². The summed E-state index contributed by atoms with van der Waals surface area (Å²) in [5.41, 5.74) is -0.783. The molecule has 0 spiro atoms. The summed E-state index contributed by atoms with van der Waals surface area (Å²) in [6.45, 7) is 4.61. The van der Waals surface area contributed by atoms with Crippen LogP contribution in [0, 0.1) is 5.41 Å². The smallest absolute Gasteiger partial charge is 0.309 e. The molecule has 0 atom stereocenters. The first-order chi connectivity index (χ1) is 11.3. The lowest BCUT2D eigenvalue weighted by Gasteiger charge is -2.37. The maximum Gasteiger partial charge on any atom is 0.309 e. The van der Waals surface area contributed by atoms with Crippen LogP contribution in [0.15, 0.2) is 24.3 Å². The highest BCUT2D eigenvalue weighted by Gasteiger charge is 2.43. The van der Waals surface area contributed by atoms with Gasteiger partial charge in [0.2, 0.25) is 5.91 Å². The normalized spacial score (nSPS) is 17.3. The van der Waals surface area contributed by atoms with E-state index in [-0.39, 0.29) is 5.91 Å². The van der Waals surface area contributed by atoms with Gasteiger partial charge >= 0.3 is 5.97 Å². The van der Waals surface area contributed by atoms with E-state index in [1.165, 1.54) is 0 Å². The minimum Gasteiger partial charge on any atom is -0.481 e. The van der Waals surface area contributed by atoms with Crippen molar-refractivity contribution in [3.63, 3.8) is 0 Å². The Morgan fingerprint density at radius 3 is 2.50 bits per heavy atom. The van der Waals surface area contributed by atoms with Gasteiger partial charge in [0.15, 0.2) is 0 Å². The summed E-state index contributed by atoms with van der Waals surface area (Å²) < 4.78 is 5.43. The van der Waals surface area contributed by atoms with Gasteiger partial charge in [-0.25, -0.2) is 0 Å². The summed E-state index contributed by atoms with van der Waals surface area (Å²) in [7, 11) is 0. The highest BCUT2D eigenvalue weighted by atomic mass is 35.5. The highest BCUT2D eigenvalue weighted by Crippen LogP contribution is 2.39. The monoisotopic (exact) mass is 353 g/mol. The van der Waals surface area contributed by atoms with Gasteiger partial charge in [0, 0.05) is 24.8 Å². The molecule has 0 unspecified atom stereocenters. The molecule has 1 heterocycles. The lowest BCUT2D eigenvalue weighted by Crippen LogP contribution is -2.49. The number of carboxylic acid groups (broad SMARTS) is 1. The Labute approximate surface area is 147 Å². The van der Waals surface area contributed by atoms with Gasteiger partial charge in [-0.2, -0.15) is 0 Å². The average Bonchev–Trinajstić information content (AvgIpc) is 2.55. The fraction of sp³-hybridized carbons (Fsp3) is 0.556. The zero-order chi connectivity index (χ0) is 17.8. The second kappa shape index (κ2) is 7.53. The third-order valence-electron chi connectivity index (χ3n) is 4.78. The quantitative estimate of drug-likeness (QED) is 0.824. The van der Waals surface area contributed by atoms with E-state index in [4.69, 9.17) is 16.3 Å². The maximum atomic E-state index is 13.0. The van der Waals surface area contributed by atoms with Crippen molar-refractivity contribution in [1.29, 1.82) is 0 Å². The first-order valence-corrected chi connectivity index (χ1v) is 8.52. The number of hydrogen-bond acceptors (Lipinski definition) is 3. The van der Waals surface area contributed by atoms with Gasteiger partial charge in [-0.1, -0.05) is 29.8 Å². The molecule has 2 rings (SSSR count). The predicted molar refractivity (Wildman–Crippen MR) is 92.2 cm³/mol. The van der Waals surface area contributed by atoms with Crippen molar-refractivity contribution in [1.82, 2.24) is 5.32 Å². The Morgan fingerprint density at radius 2 is 1.92 bits per heavy atom. The first-order valence-electron chi connectivity index (χ1n) is 8.14. The molecule has 1 aromatic carbocycles. The fourth-order valence-corrected chi connectivity index (χ4v) is 3.27. The van der Waals surface area contributed by atoms with Crippen LogP contribution in [0.4, 0.5) is 0 Å². The molecule has 1 amide bonds. The van der Waals surface area contributed by atoms with Crippen LogP contribution in [0.25, 0.3) is 0 Å². The fourth-order valence-electron chi connectivity index (χ4n) is 2.95. The third kappa shape index (κ3) is 3.90. The number of rotatable bonds is 6. The number of carboxylic acids is 1. The van der Waals surface area contributed by atoms with Crippen LogP contribution in [0.1, 0.15) is 38.7 Å². The van der Waals surface area contributed by atoms with E-state index in [0.29, 0.717) is 44.0 Å². The summed E-state index contributed by atoms with van der Waals surface area (Å²) >= 11 is 6.34. The number of hydrogen-bond donors (Lipinski definition) is 2. The molecule has 24 heavy (non-hydrogen) atoms. The SMILES string of the molecule is CC(C)(CCNC(=O)C1(c2ccccc2Cl)CCOCC1)C(=O)O. The minimum atomic E-state index is -0.874. The van der Waals surface area contributed by atoms with E-state index in [1.807, 2.05) is 18.2 Å². The molecule has 2 N–H and O–H groups in total. The van der Waals surface area contributed by atoms with Gasteiger partial charge in [-0.3, -0.25) is 9.59 Å². The summed E-state index contributed by atoms with van der Waals surface area (Å²) in [6, 6.07) is 7.38. The molecule has 0 aromatic heterocycles. The second-order valence-corrected chi connectivity index (χ2v) is 7.28. The van der Waals surface area contributed by atoms with Gasteiger partial charge in [0.1, 0.15) is 0 Å². The summed E-state index contributed by atoms with van der Waals surface area (Å²) in [6.07, 6.45) is 1.49. The van der Waals surface area contributed by atoms with Crippen molar-refractivity contribution >= 4 is 23.5 Å². The van der Waals surface area contributed by atoms with Gasteiger partial charge in [-0.15, -0.1) is 0 Å². The molecule has 5 nitrogen and oxygen atoms in total. The summed E-state index contributed by atoms with van der Waals surface area (Å²) in [4.78, 5) is 24.1. The second-order valence-electron chi connectivity index (χ2n) is 6.87. The molecule has 132 valence electrons. The third-order valence-corrected chi connectivity index (χ3v) is 5.11. The Bertz CT molecular complexity index is 609. The standard InChI is InChI=1S/C18H24ClNO4/c1-17(2,16(22)23)7-10-20-15(21)18(8-11-24-12-9-18)13-5-3-4-6-14(13)19/h3-6H,7-12H2,1-2H3,(H,20,21)(H,22,23). The van der Waals surface area contributed by atoms with Crippen molar-refractivity contribution in [2.75, 3.05) is 19.8 Å². The predicted octanol–water partition coefficient (Wildman–Crippen LogP) is 3.01. The molecular weight excluding hydrogens is 330 g/mol. The van der Waals surface area contributed by atoms with E-state index >= 15 is 0 Å². The van der Waals surface area contributed by atoms with Gasteiger partial charge in [0.05, 0.1) is 10.8 Å². The van der Waals surface area contributed by atoms with Crippen LogP contribution in [-0.2, 0) is 19.7 Å². The van der Waals surface area contributed by atoms with Crippen LogP contribution < -0.4 is 5.32 Å². The van der Waals surface area contributed by atoms with E-state index in [9.17, 15) is 14.7 Å². The van der Waals surface area contributed by atoms with Crippen LogP contribution in [0.3, 0.4) is 0 Å². The van der Waals surface area contributed by atoms with Crippen molar-refractivity contribution in [2.24, 2.45) is 5.41 Å². The van der Waals surface area contributed by atoms with Gasteiger partial charge in [0.25, 0.3) is 0 Å². The molecule has 0 radical (unpaired) electrons. The zero-order valence-electron chi connectivity index (χ0n) is 14.1. The molecular formula is C18H24ClNO4. The average molecular weight is 354 g/mol. The number of nitrogens with one attached hydrogen (secondary N) is 1. The van der Waals surface area contributed by atoms with Crippen molar-refractivity contribution < 1.29 is 19.4 Å². The number of aliphatic carboxylic acids is 1. The Kier molecular flexibility index (Phi) is 5.88. The number of amides is 1. The van der Waals surface area contributed by atoms with Crippen LogP contribution in [0.2, 0.25) is 5.02 Å². The molecule has 1 saturated heterocycles. The molecule has 6 heteroatoms. The first kappa shape index (κ1) is 18.7. The summed E-state index contributed by atoms with van der Waals surface area (Å²) in [5, 5.41) is 12.7. The van der Waals surface area contributed by atoms with Crippen LogP contribution >= 0.6 is 11.6 Å². The minimum absolute atomic E-state index is 0.111. The van der Waals surface area contributed by atoms with E-state index < -0.39 is 16.8 Å². The molecule has 0 saturated carbocycles. The van der Waals surface area contributed by atoms with Crippen LogP contribution in [0.5, 0.6) is 0 Å². The van der Waals surface area contributed by atoms with Crippen molar-refractivity contribution in [3.05, 3.63) is 34.9 Å². The molecule has 0 bridgehead atoms. The molecule has 1 fully saturated rings. The number of carbonyl (C=O) groups excluding carboxylic acids is 1. The molecule has 1 aliphatic heterocycles. The van der Waals surface area contributed by atoms with E-state index in [1.54, 1.807) is 19.9 Å².